The number of hydrogen-bond donors (Lipinski definition) is 2. The summed E-state index contributed by atoms with van der Waals surface area (Å²) in [6, 6.07) is -0.523. The van der Waals surface area contributed by atoms with Crippen LogP contribution in [0.3, 0.4) is 0 Å². The van der Waals surface area contributed by atoms with Gasteiger partial charge in [-0.2, -0.15) is 0 Å². The maximum atomic E-state index is 10.1. The Bertz CT molecular complexity index is 70.1. The van der Waals surface area contributed by atoms with E-state index < -0.39 is 12.6 Å². The first-order valence-electron chi connectivity index (χ1n) is 2.07. The van der Waals surface area contributed by atoms with E-state index in [1.165, 1.54) is 0 Å². The Morgan fingerprint density at radius 1 is 2.00 bits per heavy atom. The van der Waals surface area contributed by atoms with Crippen LogP contribution in [0.5, 0.6) is 0 Å². The van der Waals surface area contributed by atoms with Gasteiger partial charge in [-0.3, -0.25) is 4.79 Å². The lowest BCUT2D eigenvalue weighted by Crippen LogP contribution is -2.28. The van der Waals surface area contributed by atoms with Gasteiger partial charge in [0.05, 0.1) is 6.04 Å². The maximum Gasteiger partial charge on any atom is 0.174 e. The second kappa shape index (κ2) is 2.71. The summed E-state index contributed by atoms with van der Waals surface area (Å²) in [5.74, 6) is -0.319. The predicted molar refractivity (Wildman–Crippen MR) is 25.7 cm³/mol. The number of Topliss-reactive ketones (excluding diaryl/α,β-unsaturated/α-hetero) is 1. The molecule has 3 N–H and O–H groups in total. The van der Waals surface area contributed by atoms with Crippen molar-refractivity contribution in [2.75, 3.05) is 6.61 Å². The van der Waals surface area contributed by atoms with E-state index in [4.69, 9.17) is 10.8 Å². The number of carbonyl (C=O) groups is 1. The van der Waals surface area contributed by atoms with E-state index in [9.17, 15) is 4.79 Å². The smallest absolute Gasteiger partial charge is 0.174 e. The molecule has 0 heterocycles. The van der Waals surface area contributed by atoms with E-state index in [2.05, 4.69) is 0 Å². The van der Waals surface area contributed by atoms with Gasteiger partial charge < -0.3 is 10.8 Å². The van der Waals surface area contributed by atoms with Gasteiger partial charge in [-0.05, 0) is 6.92 Å². The minimum absolute atomic E-state index is 0.319. The number of carbonyl (C=O) groups excluding carboxylic acids is 1. The van der Waals surface area contributed by atoms with Gasteiger partial charge in [0.1, 0.15) is 6.61 Å². The lowest BCUT2D eigenvalue weighted by Gasteiger charge is -1.96. The second-order valence-corrected chi connectivity index (χ2v) is 1.41. The Balaban J connectivity index is 3.35. The van der Waals surface area contributed by atoms with Gasteiger partial charge in [0.15, 0.2) is 5.78 Å². The number of nitrogens with two attached hydrogens (primary N) is 1. The topological polar surface area (TPSA) is 63.3 Å². The fourth-order valence-corrected chi connectivity index (χ4v) is 0.144. The highest BCUT2D eigenvalue weighted by atomic mass is 16.3. The van der Waals surface area contributed by atoms with Crippen molar-refractivity contribution in [2.45, 2.75) is 13.0 Å². The standard InChI is InChI=1S/C4H9NO2/c1-3(5)4(7)2-6/h3,6H,2,5H2,1H3/t3-/m0/s1. The number of rotatable bonds is 2. The van der Waals surface area contributed by atoms with Crippen molar-refractivity contribution in [3.63, 3.8) is 0 Å². The predicted octanol–water partition coefficient (Wildman–Crippen LogP) is -1.10. The molecule has 42 valence electrons. The molecule has 0 aliphatic heterocycles. The largest absolute Gasteiger partial charge is 0.389 e. The van der Waals surface area contributed by atoms with E-state index >= 15 is 0 Å². The second-order valence-electron chi connectivity index (χ2n) is 1.41. The molecule has 0 aliphatic rings. The van der Waals surface area contributed by atoms with E-state index in [1.54, 1.807) is 6.92 Å². The Hall–Kier alpha value is -0.410. The molecule has 1 atom stereocenters. The summed E-state index contributed by atoms with van der Waals surface area (Å²) in [6.07, 6.45) is 0. The van der Waals surface area contributed by atoms with Crippen LogP contribution in [-0.2, 0) is 4.79 Å². The summed E-state index contributed by atoms with van der Waals surface area (Å²) in [6.45, 7) is 1.09. The fraction of sp³-hybridized carbons (Fsp3) is 0.750. The van der Waals surface area contributed by atoms with Gasteiger partial charge in [0.25, 0.3) is 0 Å². The molecule has 0 fully saturated rings. The zero-order valence-electron chi connectivity index (χ0n) is 4.22. The van der Waals surface area contributed by atoms with Crippen molar-refractivity contribution < 1.29 is 9.90 Å². The number of aliphatic hydroxyl groups excluding tert-OH is 1. The molecule has 0 saturated carbocycles. The van der Waals surface area contributed by atoms with E-state index in [0.29, 0.717) is 0 Å². The van der Waals surface area contributed by atoms with Gasteiger partial charge in [0.2, 0.25) is 0 Å². The van der Waals surface area contributed by atoms with Crippen LogP contribution in [0, 0.1) is 0 Å². The van der Waals surface area contributed by atoms with E-state index in [0.717, 1.165) is 0 Å². The van der Waals surface area contributed by atoms with E-state index in [-0.39, 0.29) is 5.78 Å². The van der Waals surface area contributed by atoms with Crippen LogP contribution >= 0.6 is 0 Å². The molecule has 3 nitrogen and oxygen atoms in total. The average molecular weight is 103 g/mol. The molecular formula is C4H9NO2. The Morgan fingerprint density at radius 3 is 2.43 bits per heavy atom. The molecule has 0 spiro atoms. The summed E-state index contributed by atoms with van der Waals surface area (Å²) in [5.41, 5.74) is 5.04. The van der Waals surface area contributed by atoms with Gasteiger partial charge in [-0.15, -0.1) is 0 Å². The molecule has 0 aromatic heterocycles. The third-order valence-electron chi connectivity index (χ3n) is 0.664. The monoisotopic (exact) mass is 103 g/mol. The van der Waals surface area contributed by atoms with Gasteiger partial charge in [-0.25, -0.2) is 0 Å². The molecule has 0 aliphatic carbocycles. The van der Waals surface area contributed by atoms with Crippen LogP contribution in [-0.4, -0.2) is 23.5 Å². The fourth-order valence-electron chi connectivity index (χ4n) is 0.144. The lowest BCUT2D eigenvalue weighted by molar-refractivity contribution is -0.122. The van der Waals surface area contributed by atoms with E-state index in [1.807, 2.05) is 0 Å². The number of ketones is 1. The molecule has 0 unspecified atom stereocenters. The molecule has 0 rings (SSSR count). The molecule has 0 radical (unpaired) electrons. The van der Waals surface area contributed by atoms with Gasteiger partial charge >= 0.3 is 0 Å². The third kappa shape index (κ3) is 2.31. The Kier molecular flexibility index (Phi) is 2.55. The van der Waals surface area contributed by atoms with Crippen LogP contribution in [0.2, 0.25) is 0 Å². The van der Waals surface area contributed by atoms with Crippen molar-refractivity contribution in [1.82, 2.24) is 0 Å². The van der Waals surface area contributed by atoms with Crippen LogP contribution < -0.4 is 5.73 Å². The first-order valence-corrected chi connectivity index (χ1v) is 2.07. The molecule has 0 bridgehead atoms. The van der Waals surface area contributed by atoms with Crippen molar-refractivity contribution >= 4 is 5.78 Å². The molecule has 0 saturated heterocycles. The minimum atomic E-state index is -0.523. The first-order chi connectivity index (χ1) is 3.18. The summed E-state index contributed by atoms with van der Waals surface area (Å²) >= 11 is 0. The molecular weight excluding hydrogens is 94.0 g/mol. The highest BCUT2D eigenvalue weighted by molar-refractivity contribution is 5.84. The SMILES string of the molecule is C[C@H](N)C(=O)CO. The first kappa shape index (κ1) is 6.59. The average Bonchev–Trinajstić information content (AvgIpc) is 1.65. The minimum Gasteiger partial charge on any atom is -0.389 e. The summed E-state index contributed by atoms with van der Waals surface area (Å²) in [4.78, 5) is 10.1. The highest BCUT2D eigenvalue weighted by Crippen LogP contribution is 1.74. The van der Waals surface area contributed by atoms with Crippen LogP contribution in [0.1, 0.15) is 6.92 Å². The van der Waals surface area contributed by atoms with Gasteiger partial charge in [-0.1, -0.05) is 0 Å². The molecule has 0 amide bonds. The number of hydrogen-bond acceptors (Lipinski definition) is 3. The van der Waals surface area contributed by atoms with Crippen molar-refractivity contribution in [1.29, 1.82) is 0 Å². The van der Waals surface area contributed by atoms with Crippen LogP contribution in [0.25, 0.3) is 0 Å². The Labute approximate surface area is 42.1 Å². The zero-order chi connectivity index (χ0) is 5.86. The number of aliphatic hydroxyl groups is 1. The zero-order valence-corrected chi connectivity index (χ0v) is 4.22. The molecule has 7 heavy (non-hydrogen) atoms. The molecule has 3 heteroatoms. The van der Waals surface area contributed by atoms with Gasteiger partial charge in [0, 0.05) is 0 Å². The highest BCUT2D eigenvalue weighted by Gasteiger charge is 2.02. The summed E-state index contributed by atoms with van der Waals surface area (Å²) in [5, 5.41) is 8.08. The maximum absolute atomic E-state index is 10.1. The normalized spacial score (nSPS) is 13.6. The Morgan fingerprint density at radius 2 is 2.43 bits per heavy atom. The van der Waals surface area contributed by atoms with Crippen LogP contribution in [0.15, 0.2) is 0 Å². The summed E-state index contributed by atoms with van der Waals surface area (Å²) in [7, 11) is 0. The van der Waals surface area contributed by atoms with Crippen molar-refractivity contribution in [3.05, 3.63) is 0 Å². The molecule has 0 aromatic carbocycles. The van der Waals surface area contributed by atoms with Crippen molar-refractivity contribution in [2.24, 2.45) is 5.73 Å². The quantitative estimate of drug-likeness (QED) is 0.466. The summed E-state index contributed by atoms with van der Waals surface area (Å²) < 4.78 is 0. The third-order valence-corrected chi connectivity index (χ3v) is 0.664. The lowest BCUT2D eigenvalue weighted by atomic mass is 10.2. The molecule has 0 aromatic rings. The van der Waals surface area contributed by atoms with Crippen LogP contribution in [0.4, 0.5) is 0 Å². The van der Waals surface area contributed by atoms with Crippen molar-refractivity contribution in [3.8, 4) is 0 Å².